The van der Waals surface area contributed by atoms with E-state index in [4.69, 9.17) is 0 Å². The van der Waals surface area contributed by atoms with Crippen molar-refractivity contribution in [3.8, 4) is 23.7 Å². The molecule has 0 heteroatoms. The molecule has 0 atom stereocenters. The van der Waals surface area contributed by atoms with Crippen molar-refractivity contribution in [2.75, 3.05) is 0 Å². The number of hydrogen-bond donors (Lipinski definition) is 0. The van der Waals surface area contributed by atoms with Crippen molar-refractivity contribution in [1.82, 2.24) is 0 Å². The summed E-state index contributed by atoms with van der Waals surface area (Å²) in [4.78, 5) is 0. The number of allylic oxidation sites excluding steroid dienone is 3. The van der Waals surface area contributed by atoms with Gasteiger partial charge in [-0.2, -0.15) is 0 Å². The van der Waals surface area contributed by atoms with E-state index in [0.717, 1.165) is 27.8 Å². The van der Waals surface area contributed by atoms with Crippen molar-refractivity contribution in [2.24, 2.45) is 0 Å². The van der Waals surface area contributed by atoms with Gasteiger partial charge in [-0.25, -0.2) is 0 Å². The van der Waals surface area contributed by atoms with E-state index >= 15 is 0 Å². The monoisotopic (exact) mass is 282 g/mol. The van der Waals surface area contributed by atoms with Crippen LogP contribution in [0.15, 0.2) is 84.0 Å². The molecule has 0 spiro atoms. The molecule has 0 aliphatic carbocycles. The fourth-order valence-electron chi connectivity index (χ4n) is 1.89. The Morgan fingerprint density at radius 3 is 1.64 bits per heavy atom. The van der Waals surface area contributed by atoms with E-state index in [2.05, 4.69) is 30.3 Å². The third kappa shape index (κ3) is 4.55. The maximum Gasteiger partial charge on any atom is 0.0386 e. The Morgan fingerprint density at radius 2 is 1.18 bits per heavy atom. The number of rotatable bonds is 1. The molecule has 0 saturated carbocycles. The van der Waals surface area contributed by atoms with E-state index in [1.165, 1.54) is 0 Å². The smallest absolute Gasteiger partial charge is 0.0386 e. The van der Waals surface area contributed by atoms with Crippen molar-refractivity contribution < 1.29 is 0 Å². The second-order valence-electron chi connectivity index (χ2n) is 5.09. The highest BCUT2D eigenvalue weighted by Gasteiger charge is 1.99. The van der Waals surface area contributed by atoms with E-state index in [1.807, 2.05) is 74.5 Å². The molecule has 0 radical (unpaired) electrons. The molecule has 0 amide bonds. The van der Waals surface area contributed by atoms with Crippen LogP contribution in [0.25, 0.3) is 0 Å². The van der Waals surface area contributed by atoms with Gasteiger partial charge in [0.15, 0.2) is 0 Å². The molecular formula is C22H18. The van der Waals surface area contributed by atoms with Crippen molar-refractivity contribution in [3.63, 3.8) is 0 Å². The van der Waals surface area contributed by atoms with Crippen LogP contribution in [0.2, 0.25) is 0 Å². The van der Waals surface area contributed by atoms with Crippen LogP contribution in [-0.2, 0) is 0 Å². The second kappa shape index (κ2) is 7.72. The fourth-order valence-corrected chi connectivity index (χ4v) is 1.89. The van der Waals surface area contributed by atoms with Crippen molar-refractivity contribution >= 4 is 0 Å². The standard InChI is InChI=1S/C22H18/c1-18(2)22(17-16-21-12-8-5-9-13-21)19(3)14-15-20-10-6-4-7-11-20/h4-13H,3H2,1-2H3. The topological polar surface area (TPSA) is 0 Å². The highest BCUT2D eigenvalue weighted by atomic mass is 14.0. The molecule has 0 saturated heterocycles. The van der Waals surface area contributed by atoms with Crippen LogP contribution in [0.3, 0.4) is 0 Å². The Labute approximate surface area is 133 Å². The molecule has 0 unspecified atom stereocenters. The first-order chi connectivity index (χ1) is 10.7. The summed E-state index contributed by atoms with van der Waals surface area (Å²) in [5.74, 6) is 12.6. The van der Waals surface area contributed by atoms with Gasteiger partial charge in [0.2, 0.25) is 0 Å². The Bertz CT molecular complexity index is 794. The Kier molecular flexibility index (Phi) is 5.42. The minimum absolute atomic E-state index is 0.757. The summed E-state index contributed by atoms with van der Waals surface area (Å²) in [5.41, 5.74) is 4.76. The predicted octanol–water partition coefficient (Wildman–Crippen LogP) is 4.98. The first-order valence-corrected chi connectivity index (χ1v) is 7.17. The molecular weight excluding hydrogens is 264 g/mol. The second-order valence-corrected chi connectivity index (χ2v) is 5.09. The largest absolute Gasteiger partial charge is 0.0820 e. The molecule has 2 rings (SSSR count). The summed E-state index contributed by atoms with van der Waals surface area (Å²) in [6.07, 6.45) is 0. The first kappa shape index (κ1) is 15.4. The average molecular weight is 282 g/mol. The maximum absolute atomic E-state index is 4.07. The molecule has 0 aromatic heterocycles. The molecule has 0 bridgehead atoms. The fraction of sp³-hybridized carbons (Fsp3) is 0.0909. The molecule has 0 fully saturated rings. The predicted molar refractivity (Wildman–Crippen MR) is 94.2 cm³/mol. The Balaban J connectivity index is 2.24. The third-order valence-corrected chi connectivity index (χ3v) is 3.04. The lowest BCUT2D eigenvalue weighted by molar-refractivity contribution is 1.34. The lowest BCUT2D eigenvalue weighted by Gasteiger charge is -2.00. The average Bonchev–Trinajstić information content (AvgIpc) is 2.55. The first-order valence-electron chi connectivity index (χ1n) is 7.17. The van der Waals surface area contributed by atoms with E-state index in [9.17, 15) is 0 Å². The van der Waals surface area contributed by atoms with Gasteiger partial charge in [0.25, 0.3) is 0 Å². The molecule has 0 N–H and O–H groups in total. The van der Waals surface area contributed by atoms with Crippen LogP contribution >= 0.6 is 0 Å². The van der Waals surface area contributed by atoms with Crippen LogP contribution in [0.4, 0.5) is 0 Å². The molecule has 0 heterocycles. The molecule has 22 heavy (non-hydrogen) atoms. The minimum Gasteiger partial charge on any atom is -0.0820 e. The number of hydrogen-bond acceptors (Lipinski definition) is 0. The van der Waals surface area contributed by atoms with Crippen LogP contribution in [0.1, 0.15) is 25.0 Å². The third-order valence-electron chi connectivity index (χ3n) is 3.04. The summed E-state index contributed by atoms with van der Waals surface area (Å²) in [7, 11) is 0. The van der Waals surface area contributed by atoms with Gasteiger partial charge >= 0.3 is 0 Å². The zero-order valence-electron chi connectivity index (χ0n) is 13.0. The van der Waals surface area contributed by atoms with Crippen molar-refractivity contribution in [2.45, 2.75) is 13.8 Å². The zero-order chi connectivity index (χ0) is 15.8. The lowest BCUT2D eigenvalue weighted by atomic mass is 10.0. The Hall–Kier alpha value is -2.96. The van der Waals surface area contributed by atoms with E-state index in [1.54, 1.807) is 0 Å². The molecule has 2 aromatic carbocycles. The van der Waals surface area contributed by atoms with Crippen LogP contribution < -0.4 is 0 Å². The van der Waals surface area contributed by atoms with Gasteiger partial charge in [-0.05, 0) is 38.1 Å². The summed E-state index contributed by atoms with van der Waals surface area (Å²) in [5, 5.41) is 0. The van der Waals surface area contributed by atoms with Gasteiger partial charge < -0.3 is 0 Å². The van der Waals surface area contributed by atoms with Gasteiger partial charge in [-0.15, -0.1) is 0 Å². The van der Waals surface area contributed by atoms with Gasteiger partial charge in [0, 0.05) is 22.3 Å². The van der Waals surface area contributed by atoms with E-state index < -0.39 is 0 Å². The summed E-state index contributed by atoms with van der Waals surface area (Å²) >= 11 is 0. The number of benzene rings is 2. The van der Waals surface area contributed by atoms with Gasteiger partial charge in [0.05, 0.1) is 0 Å². The summed E-state index contributed by atoms with van der Waals surface area (Å²) in [6.45, 7) is 8.13. The maximum atomic E-state index is 4.07. The summed E-state index contributed by atoms with van der Waals surface area (Å²) in [6, 6.07) is 19.8. The molecule has 0 nitrogen and oxygen atoms in total. The highest BCUT2D eigenvalue weighted by Crippen LogP contribution is 2.12. The lowest BCUT2D eigenvalue weighted by Crippen LogP contribution is -1.87. The van der Waals surface area contributed by atoms with E-state index in [0.29, 0.717) is 0 Å². The highest BCUT2D eigenvalue weighted by molar-refractivity contribution is 5.58. The molecule has 0 aliphatic heterocycles. The Morgan fingerprint density at radius 1 is 0.727 bits per heavy atom. The van der Waals surface area contributed by atoms with Gasteiger partial charge in [0.1, 0.15) is 0 Å². The van der Waals surface area contributed by atoms with Gasteiger partial charge in [-0.1, -0.05) is 72.2 Å². The van der Waals surface area contributed by atoms with Crippen LogP contribution in [-0.4, -0.2) is 0 Å². The van der Waals surface area contributed by atoms with Crippen molar-refractivity contribution in [3.05, 3.63) is 95.1 Å². The molecule has 106 valence electrons. The molecule has 0 aliphatic rings. The zero-order valence-corrected chi connectivity index (χ0v) is 13.0. The quantitative estimate of drug-likeness (QED) is 0.511. The van der Waals surface area contributed by atoms with Crippen molar-refractivity contribution in [1.29, 1.82) is 0 Å². The van der Waals surface area contributed by atoms with Gasteiger partial charge in [-0.3, -0.25) is 0 Å². The van der Waals surface area contributed by atoms with Crippen LogP contribution in [0.5, 0.6) is 0 Å². The molecule has 2 aromatic rings. The van der Waals surface area contributed by atoms with Crippen LogP contribution in [0, 0.1) is 23.7 Å². The van der Waals surface area contributed by atoms with E-state index in [-0.39, 0.29) is 0 Å². The minimum atomic E-state index is 0.757. The summed E-state index contributed by atoms with van der Waals surface area (Å²) < 4.78 is 0. The normalized spacial score (nSPS) is 8.82. The SMILES string of the molecule is C=C(C#Cc1ccccc1)C(C#Cc1ccccc1)=C(C)C.